The fraction of sp³-hybridized carbons (Fsp3) is 0.478. The van der Waals surface area contributed by atoms with Crippen LogP contribution in [0.15, 0.2) is 18.2 Å². The molecule has 2 aliphatic rings. The zero-order chi connectivity index (χ0) is 22.6. The van der Waals surface area contributed by atoms with Crippen LogP contribution in [0.5, 0.6) is 0 Å². The van der Waals surface area contributed by atoms with Gasteiger partial charge in [-0.25, -0.2) is 0 Å². The highest BCUT2D eigenvalue weighted by atomic mass is 16.6. The third-order valence-corrected chi connectivity index (χ3v) is 4.81. The molecule has 3 amide bonds. The van der Waals surface area contributed by atoms with E-state index in [1.807, 2.05) is 32.9 Å². The Morgan fingerprint density at radius 2 is 2.03 bits per heavy atom. The van der Waals surface area contributed by atoms with Gasteiger partial charge >= 0.3 is 5.97 Å². The molecule has 8 nitrogen and oxygen atoms in total. The molecule has 2 heterocycles. The number of amides is 3. The van der Waals surface area contributed by atoms with Gasteiger partial charge in [-0.05, 0) is 44.9 Å². The lowest BCUT2D eigenvalue weighted by molar-refractivity contribution is -0.156. The highest BCUT2D eigenvalue weighted by molar-refractivity contribution is 6.05. The lowest BCUT2D eigenvalue weighted by atomic mass is 10.0. The minimum atomic E-state index is -0.634. The predicted octanol–water partition coefficient (Wildman–Crippen LogP) is 1.55. The zero-order valence-corrected chi connectivity index (χ0v) is 17.9. The van der Waals surface area contributed by atoms with Crippen molar-refractivity contribution in [3.63, 3.8) is 0 Å². The molecule has 2 aliphatic heterocycles. The van der Waals surface area contributed by atoms with Crippen molar-refractivity contribution in [1.29, 1.82) is 0 Å². The van der Waals surface area contributed by atoms with E-state index in [0.29, 0.717) is 24.1 Å². The van der Waals surface area contributed by atoms with Gasteiger partial charge in [0.25, 0.3) is 5.91 Å². The summed E-state index contributed by atoms with van der Waals surface area (Å²) >= 11 is 0. The maximum absolute atomic E-state index is 12.8. The van der Waals surface area contributed by atoms with Crippen LogP contribution in [0.2, 0.25) is 0 Å². The Labute approximate surface area is 181 Å². The van der Waals surface area contributed by atoms with Crippen molar-refractivity contribution >= 4 is 23.7 Å². The number of carbonyl (C=O) groups excluding carboxylic acids is 4. The highest BCUT2D eigenvalue weighted by Crippen LogP contribution is 2.28. The van der Waals surface area contributed by atoms with Crippen molar-refractivity contribution in [1.82, 2.24) is 10.2 Å². The highest BCUT2D eigenvalue weighted by Gasteiger charge is 2.39. The minimum Gasteiger partial charge on any atom is -0.460 e. The molecule has 1 aromatic rings. The van der Waals surface area contributed by atoms with Crippen LogP contribution in [0.3, 0.4) is 0 Å². The molecule has 1 aromatic carbocycles. The first kappa shape index (κ1) is 22.5. The van der Waals surface area contributed by atoms with Gasteiger partial charge in [-0.2, -0.15) is 0 Å². The second-order valence-electron chi connectivity index (χ2n) is 8.46. The molecule has 0 saturated carbocycles. The van der Waals surface area contributed by atoms with Gasteiger partial charge in [0, 0.05) is 24.1 Å². The van der Waals surface area contributed by atoms with E-state index in [1.165, 1.54) is 4.90 Å². The van der Waals surface area contributed by atoms with Crippen LogP contribution in [0, 0.1) is 11.8 Å². The van der Waals surface area contributed by atoms with Gasteiger partial charge in [0.05, 0.1) is 13.0 Å². The lowest BCUT2D eigenvalue weighted by Gasteiger charge is -2.29. The number of imide groups is 1. The summed E-state index contributed by atoms with van der Waals surface area (Å²) in [7, 11) is 0. The van der Waals surface area contributed by atoms with Crippen molar-refractivity contribution in [3.05, 3.63) is 34.9 Å². The summed E-state index contributed by atoms with van der Waals surface area (Å²) in [6.07, 6.45) is 0.710. The molecule has 1 atom stereocenters. The van der Waals surface area contributed by atoms with Crippen molar-refractivity contribution in [2.24, 2.45) is 0 Å². The zero-order valence-electron chi connectivity index (χ0n) is 17.9. The van der Waals surface area contributed by atoms with Crippen molar-refractivity contribution in [3.8, 4) is 11.8 Å². The first-order valence-corrected chi connectivity index (χ1v) is 10.2. The SMILES string of the molecule is CC(C)(C)OC(=O)CCOCC#Cc1ccc2c(c1)C(=O)N(C1CCC(=O)NC1=O)C2. The standard InChI is InChI=1S/C23H26N2O6/c1-23(2,3)31-20(27)10-12-30-11-4-5-15-6-7-16-14-25(22(29)17(16)13-15)18-8-9-19(26)24-21(18)28/h6-7,13,18H,8-12,14H2,1-3H3,(H,24,26,28). The van der Waals surface area contributed by atoms with E-state index < -0.39 is 17.6 Å². The molecule has 1 fully saturated rings. The van der Waals surface area contributed by atoms with Crippen LogP contribution in [-0.2, 0) is 30.4 Å². The molecule has 1 N–H and O–H groups in total. The molecule has 31 heavy (non-hydrogen) atoms. The van der Waals surface area contributed by atoms with E-state index >= 15 is 0 Å². The average Bonchev–Trinajstić information content (AvgIpc) is 2.99. The summed E-state index contributed by atoms with van der Waals surface area (Å²) in [5, 5.41) is 2.29. The van der Waals surface area contributed by atoms with E-state index in [9.17, 15) is 19.2 Å². The molecule has 1 saturated heterocycles. The second kappa shape index (κ2) is 9.31. The number of benzene rings is 1. The number of rotatable bonds is 5. The van der Waals surface area contributed by atoms with Crippen molar-refractivity contribution in [2.45, 2.75) is 58.2 Å². The van der Waals surface area contributed by atoms with Crippen LogP contribution >= 0.6 is 0 Å². The Morgan fingerprint density at radius 1 is 1.26 bits per heavy atom. The molecule has 3 rings (SSSR count). The summed E-state index contributed by atoms with van der Waals surface area (Å²) in [5.74, 6) is 4.52. The van der Waals surface area contributed by atoms with Gasteiger partial charge in [-0.3, -0.25) is 24.5 Å². The predicted molar refractivity (Wildman–Crippen MR) is 111 cm³/mol. The Kier molecular flexibility index (Phi) is 6.76. The molecule has 0 aromatic heterocycles. The maximum Gasteiger partial charge on any atom is 0.308 e. The normalized spacial score (nSPS) is 18.2. The summed E-state index contributed by atoms with van der Waals surface area (Å²) in [5.41, 5.74) is 1.49. The quantitative estimate of drug-likeness (QED) is 0.332. The number of hydrogen-bond acceptors (Lipinski definition) is 6. The first-order valence-electron chi connectivity index (χ1n) is 10.2. The van der Waals surface area contributed by atoms with Crippen LogP contribution < -0.4 is 5.32 Å². The molecule has 0 aliphatic carbocycles. The molecular formula is C23H26N2O6. The Morgan fingerprint density at radius 3 is 2.74 bits per heavy atom. The van der Waals surface area contributed by atoms with Gasteiger partial charge in [0.15, 0.2) is 0 Å². The largest absolute Gasteiger partial charge is 0.460 e. The van der Waals surface area contributed by atoms with Crippen LogP contribution in [0.1, 0.15) is 61.5 Å². The molecule has 8 heteroatoms. The second-order valence-corrected chi connectivity index (χ2v) is 8.46. The summed E-state index contributed by atoms with van der Waals surface area (Å²) in [4.78, 5) is 49.4. The van der Waals surface area contributed by atoms with Crippen LogP contribution in [-0.4, -0.2) is 53.4 Å². The maximum atomic E-state index is 12.8. The smallest absolute Gasteiger partial charge is 0.308 e. The number of esters is 1. The third kappa shape index (κ3) is 5.92. The fourth-order valence-electron chi connectivity index (χ4n) is 3.44. The Bertz CT molecular complexity index is 967. The number of hydrogen-bond donors (Lipinski definition) is 1. The van der Waals surface area contributed by atoms with E-state index in [0.717, 1.165) is 5.56 Å². The van der Waals surface area contributed by atoms with Crippen molar-refractivity contribution < 1.29 is 28.7 Å². The molecule has 0 radical (unpaired) electrons. The van der Waals surface area contributed by atoms with Crippen LogP contribution in [0.4, 0.5) is 0 Å². The van der Waals surface area contributed by atoms with Gasteiger partial charge in [-0.15, -0.1) is 0 Å². The third-order valence-electron chi connectivity index (χ3n) is 4.81. The molecule has 0 spiro atoms. The van der Waals surface area contributed by atoms with E-state index in [-0.39, 0.29) is 43.8 Å². The summed E-state index contributed by atoms with van der Waals surface area (Å²) in [6.45, 7) is 6.12. The molecule has 0 bridgehead atoms. The number of piperidine rings is 1. The number of nitrogens with zero attached hydrogens (tertiary/aromatic N) is 1. The van der Waals surface area contributed by atoms with E-state index in [4.69, 9.17) is 9.47 Å². The fourth-order valence-corrected chi connectivity index (χ4v) is 3.44. The van der Waals surface area contributed by atoms with Crippen molar-refractivity contribution in [2.75, 3.05) is 13.2 Å². The summed E-state index contributed by atoms with van der Waals surface area (Å²) < 4.78 is 10.5. The summed E-state index contributed by atoms with van der Waals surface area (Å²) in [6, 6.07) is 4.71. The van der Waals surface area contributed by atoms with Gasteiger partial charge in [-0.1, -0.05) is 17.9 Å². The Hall–Kier alpha value is -3.18. The number of nitrogens with one attached hydrogen (secondary N) is 1. The minimum absolute atomic E-state index is 0.149. The molecule has 1 unspecified atom stereocenters. The van der Waals surface area contributed by atoms with E-state index in [1.54, 1.807) is 6.07 Å². The van der Waals surface area contributed by atoms with Gasteiger partial charge < -0.3 is 14.4 Å². The molecular weight excluding hydrogens is 400 g/mol. The number of carbonyl (C=O) groups is 4. The molecule has 164 valence electrons. The first-order chi connectivity index (χ1) is 14.6. The Balaban J connectivity index is 1.52. The average molecular weight is 426 g/mol. The van der Waals surface area contributed by atoms with Gasteiger partial charge in [0.1, 0.15) is 18.2 Å². The van der Waals surface area contributed by atoms with Crippen LogP contribution in [0.25, 0.3) is 0 Å². The number of fused-ring (bicyclic) bond motifs is 1. The van der Waals surface area contributed by atoms with E-state index in [2.05, 4.69) is 17.2 Å². The lowest BCUT2D eigenvalue weighted by Crippen LogP contribution is -2.52. The topological polar surface area (TPSA) is 102 Å². The number of ether oxygens (including phenoxy) is 2. The van der Waals surface area contributed by atoms with Gasteiger partial charge in [0.2, 0.25) is 11.8 Å². The monoisotopic (exact) mass is 426 g/mol.